The van der Waals surface area contributed by atoms with Crippen LogP contribution >= 0.6 is 0 Å². The van der Waals surface area contributed by atoms with Crippen molar-refractivity contribution in [2.24, 2.45) is 0 Å². The SMILES string of the molecule is O=Cc1ccc(CCC2(O)CC2)cc1. The predicted molar refractivity (Wildman–Crippen MR) is 54.3 cm³/mol. The van der Waals surface area contributed by atoms with E-state index in [1.807, 2.05) is 24.3 Å². The third-order valence-corrected chi connectivity index (χ3v) is 2.82. The molecule has 0 amide bonds. The summed E-state index contributed by atoms with van der Waals surface area (Å²) >= 11 is 0. The Bertz CT molecular complexity index is 323. The lowest BCUT2D eigenvalue weighted by Gasteiger charge is -2.06. The zero-order chi connectivity index (χ0) is 10.0. The summed E-state index contributed by atoms with van der Waals surface area (Å²) in [7, 11) is 0. The van der Waals surface area contributed by atoms with E-state index in [0.29, 0.717) is 5.56 Å². The number of aryl methyl sites for hydroxylation is 1. The molecule has 2 heteroatoms. The van der Waals surface area contributed by atoms with Gasteiger partial charge < -0.3 is 5.11 Å². The number of hydrogen-bond acceptors (Lipinski definition) is 2. The zero-order valence-electron chi connectivity index (χ0n) is 8.07. The minimum absolute atomic E-state index is 0.372. The van der Waals surface area contributed by atoms with Crippen LogP contribution in [0.3, 0.4) is 0 Å². The fourth-order valence-corrected chi connectivity index (χ4v) is 1.53. The van der Waals surface area contributed by atoms with Crippen molar-refractivity contribution in [2.75, 3.05) is 0 Å². The molecular weight excluding hydrogens is 176 g/mol. The minimum Gasteiger partial charge on any atom is -0.390 e. The second-order valence-corrected chi connectivity index (χ2v) is 4.08. The van der Waals surface area contributed by atoms with Crippen molar-refractivity contribution < 1.29 is 9.90 Å². The van der Waals surface area contributed by atoms with Crippen LogP contribution in [0.4, 0.5) is 0 Å². The molecule has 0 spiro atoms. The molecule has 1 aliphatic carbocycles. The summed E-state index contributed by atoms with van der Waals surface area (Å²) in [6.45, 7) is 0. The Labute approximate surface area is 83.6 Å². The zero-order valence-corrected chi connectivity index (χ0v) is 8.07. The van der Waals surface area contributed by atoms with Gasteiger partial charge in [0.15, 0.2) is 0 Å². The maximum atomic E-state index is 10.4. The van der Waals surface area contributed by atoms with E-state index in [1.165, 1.54) is 5.56 Å². The van der Waals surface area contributed by atoms with Gasteiger partial charge in [0.05, 0.1) is 5.60 Å². The van der Waals surface area contributed by atoms with Crippen LogP contribution in [-0.2, 0) is 6.42 Å². The summed E-state index contributed by atoms with van der Waals surface area (Å²) in [6.07, 6.45) is 4.47. The van der Waals surface area contributed by atoms with Crippen LogP contribution in [0.25, 0.3) is 0 Å². The fraction of sp³-hybridized carbons (Fsp3) is 0.417. The van der Waals surface area contributed by atoms with E-state index in [-0.39, 0.29) is 5.60 Å². The van der Waals surface area contributed by atoms with Crippen LogP contribution in [0, 0.1) is 0 Å². The molecule has 2 rings (SSSR count). The first kappa shape index (κ1) is 9.41. The van der Waals surface area contributed by atoms with Gasteiger partial charge in [0.1, 0.15) is 6.29 Å². The molecule has 74 valence electrons. The standard InChI is InChI=1S/C12H14O2/c13-9-11-3-1-10(2-4-11)5-6-12(14)7-8-12/h1-4,9,14H,5-8H2. The normalized spacial score (nSPS) is 17.8. The van der Waals surface area contributed by atoms with Crippen molar-refractivity contribution in [3.05, 3.63) is 35.4 Å². The van der Waals surface area contributed by atoms with Crippen LogP contribution in [0.15, 0.2) is 24.3 Å². The average molecular weight is 190 g/mol. The second-order valence-electron chi connectivity index (χ2n) is 4.08. The number of aldehydes is 1. The maximum absolute atomic E-state index is 10.4. The number of carbonyl (C=O) groups is 1. The van der Waals surface area contributed by atoms with Gasteiger partial charge in [-0.25, -0.2) is 0 Å². The molecular formula is C12H14O2. The highest BCUT2D eigenvalue weighted by atomic mass is 16.3. The first-order valence-electron chi connectivity index (χ1n) is 4.98. The Hall–Kier alpha value is -1.15. The number of benzene rings is 1. The Morgan fingerprint density at radius 1 is 1.29 bits per heavy atom. The molecule has 0 aliphatic heterocycles. The number of rotatable bonds is 4. The Morgan fingerprint density at radius 3 is 2.43 bits per heavy atom. The predicted octanol–water partition coefficient (Wildman–Crippen LogP) is 1.96. The Kier molecular flexibility index (Phi) is 2.38. The largest absolute Gasteiger partial charge is 0.390 e. The van der Waals surface area contributed by atoms with Gasteiger partial charge in [-0.2, -0.15) is 0 Å². The summed E-state index contributed by atoms with van der Waals surface area (Å²) in [5, 5.41) is 9.63. The highest BCUT2D eigenvalue weighted by molar-refractivity contribution is 5.74. The fourth-order valence-electron chi connectivity index (χ4n) is 1.53. The van der Waals surface area contributed by atoms with E-state index < -0.39 is 0 Å². The molecule has 0 bridgehead atoms. The van der Waals surface area contributed by atoms with Crippen LogP contribution in [0.1, 0.15) is 35.2 Å². The van der Waals surface area contributed by atoms with Crippen molar-refractivity contribution in [3.63, 3.8) is 0 Å². The van der Waals surface area contributed by atoms with Crippen molar-refractivity contribution >= 4 is 6.29 Å². The topological polar surface area (TPSA) is 37.3 Å². The lowest BCUT2D eigenvalue weighted by molar-refractivity contribution is 0.112. The van der Waals surface area contributed by atoms with Crippen molar-refractivity contribution in [1.82, 2.24) is 0 Å². The molecule has 0 saturated heterocycles. The number of carbonyl (C=O) groups excluding carboxylic acids is 1. The lowest BCUT2D eigenvalue weighted by Crippen LogP contribution is -2.07. The maximum Gasteiger partial charge on any atom is 0.150 e. The van der Waals surface area contributed by atoms with Gasteiger partial charge >= 0.3 is 0 Å². The van der Waals surface area contributed by atoms with Crippen LogP contribution in [0.5, 0.6) is 0 Å². The molecule has 0 radical (unpaired) electrons. The molecule has 2 nitrogen and oxygen atoms in total. The Morgan fingerprint density at radius 2 is 1.93 bits per heavy atom. The third kappa shape index (κ3) is 2.20. The molecule has 0 aromatic heterocycles. The summed E-state index contributed by atoms with van der Waals surface area (Å²) in [5.41, 5.74) is 1.53. The molecule has 14 heavy (non-hydrogen) atoms. The highest BCUT2D eigenvalue weighted by Crippen LogP contribution is 2.39. The third-order valence-electron chi connectivity index (χ3n) is 2.82. The first-order valence-corrected chi connectivity index (χ1v) is 4.98. The number of aliphatic hydroxyl groups is 1. The quantitative estimate of drug-likeness (QED) is 0.737. The van der Waals surface area contributed by atoms with Gasteiger partial charge in [0.2, 0.25) is 0 Å². The van der Waals surface area contributed by atoms with Gasteiger partial charge in [-0.05, 0) is 31.2 Å². The van der Waals surface area contributed by atoms with Crippen LogP contribution in [0.2, 0.25) is 0 Å². The molecule has 1 aromatic rings. The van der Waals surface area contributed by atoms with E-state index in [2.05, 4.69) is 0 Å². The molecule has 0 unspecified atom stereocenters. The van der Waals surface area contributed by atoms with Crippen LogP contribution < -0.4 is 0 Å². The summed E-state index contributed by atoms with van der Waals surface area (Å²) in [4.78, 5) is 10.4. The summed E-state index contributed by atoms with van der Waals surface area (Å²) in [6, 6.07) is 7.55. The van der Waals surface area contributed by atoms with Crippen molar-refractivity contribution in [2.45, 2.75) is 31.3 Å². The van der Waals surface area contributed by atoms with E-state index >= 15 is 0 Å². The van der Waals surface area contributed by atoms with Crippen molar-refractivity contribution in [1.29, 1.82) is 0 Å². The van der Waals surface area contributed by atoms with E-state index in [1.54, 1.807) is 0 Å². The molecule has 0 heterocycles. The van der Waals surface area contributed by atoms with Gasteiger partial charge in [-0.1, -0.05) is 24.3 Å². The van der Waals surface area contributed by atoms with Crippen molar-refractivity contribution in [3.8, 4) is 0 Å². The van der Waals surface area contributed by atoms with Crippen LogP contribution in [-0.4, -0.2) is 17.0 Å². The molecule has 1 fully saturated rings. The summed E-state index contributed by atoms with van der Waals surface area (Å²) in [5.74, 6) is 0. The average Bonchev–Trinajstić information content (AvgIpc) is 2.95. The molecule has 1 N–H and O–H groups in total. The summed E-state index contributed by atoms with van der Waals surface area (Å²) < 4.78 is 0. The highest BCUT2D eigenvalue weighted by Gasteiger charge is 2.39. The van der Waals surface area contributed by atoms with Gasteiger partial charge in [0.25, 0.3) is 0 Å². The molecule has 1 aliphatic rings. The smallest absolute Gasteiger partial charge is 0.150 e. The minimum atomic E-state index is -0.372. The van der Waals surface area contributed by atoms with Gasteiger partial charge in [-0.3, -0.25) is 4.79 Å². The van der Waals surface area contributed by atoms with Gasteiger partial charge in [0, 0.05) is 5.56 Å². The van der Waals surface area contributed by atoms with Gasteiger partial charge in [-0.15, -0.1) is 0 Å². The number of hydrogen-bond donors (Lipinski definition) is 1. The monoisotopic (exact) mass is 190 g/mol. The van der Waals surface area contributed by atoms with E-state index in [0.717, 1.165) is 32.0 Å². The molecule has 1 saturated carbocycles. The molecule has 1 aromatic carbocycles. The van der Waals surface area contributed by atoms with E-state index in [4.69, 9.17) is 0 Å². The Balaban J connectivity index is 1.92. The molecule has 0 atom stereocenters. The second kappa shape index (κ2) is 3.54. The first-order chi connectivity index (χ1) is 6.72. The van der Waals surface area contributed by atoms with E-state index in [9.17, 15) is 9.90 Å². The lowest BCUT2D eigenvalue weighted by atomic mass is 10.0.